The van der Waals surface area contributed by atoms with Crippen molar-refractivity contribution < 1.29 is 0 Å². The predicted molar refractivity (Wildman–Crippen MR) is 107 cm³/mol. The summed E-state index contributed by atoms with van der Waals surface area (Å²) in [6.45, 7) is 0.851. The number of benzene rings is 1. The first-order valence-electron chi connectivity index (χ1n) is 9.37. The van der Waals surface area contributed by atoms with Crippen LogP contribution < -0.4 is 16.0 Å². The Morgan fingerprint density at radius 1 is 1.19 bits per heavy atom. The van der Waals surface area contributed by atoms with E-state index in [9.17, 15) is 0 Å². The summed E-state index contributed by atoms with van der Waals surface area (Å²) in [5, 5.41) is 11.2. The van der Waals surface area contributed by atoms with Crippen LogP contribution in [0.2, 0.25) is 0 Å². The van der Waals surface area contributed by atoms with Crippen molar-refractivity contribution in [3.63, 3.8) is 0 Å². The maximum absolute atomic E-state index is 7.79. The molecule has 1 aliphatic carbocycles. The summed E-state index contributed by atoms with van der Waals surface area (Å²) in [5.41, 5.74) is 11.4. The summed E-state index contributed by atoms with van der Waals surface area (Å²) in [5.74, 6) is 1.44. The van der Waals surface area contributed by atoms with Crippen molar-refractivity contribution in [2.45, 2.75) is 38.1 Å². The third kappa shape index (κ3) is 2.87. The Morgan fingerprint density at radius 3 is 2.89 bits per heavy atom. The summed E-state index contributed by atoms with van der Waals surface area (Å²) in [7, 11) is 0. The number of hydrogen-bond donors (Lipinski definition) is 4. The van der Waals surface area contributed by atoms with Crippen LogP contribution in [-0.2, 0) is 6.42 Å². The van der Waals surface area contributed by atoms with Gasteiger partial charge >= 0.3 is 0 Å². The van der Waals surface area contributed by atoms with Crippen LogP contribution in [0.4, 0.5) is 23.1 Å². The zero-order valence-corrected chi connectivity index (χ0v) is 15.0. The molecule has 8 nitrogen and oxygen atoms in total. The van der Waals surface area contributed by atoms with Crippen LogP contribution in [0.5, 0.6) is 0 Å². The standard InChI is InChI=1S/C19H22N8/c20-12-1-4-14(5-2-12)24-19-25-17-16(22-10-23-17)18(26-19)27-8-7-11-9-13(21)3-6-15(11)27/h3,6,9-10,14,20H,1-2,4-5,7-8,21H2,(H2,22,23,24,25,26). The molecule has 0 saturated heterocycles. The third-order valence-electron chi connectivity index (χ3n) is 5.44. The van der Waals surface area contributed by atoms with Gasteiger partial charge in [-0.3, -0.25) is 0 Å². The molecule has 5 rings (SSSR count). The highest BCUT2D eigenvalue weighted by Gasteiger charge is 2.26. The number of hydrogen-bond acceptors (Lipinski definition) is 7. The summed E-state index contributed by atoms with van der Waals surface area (Å²) >= 11 is 0. The van der Waals surface area contributed by atoms with Crippen LogP contribution in [0.1, 0.15) is 31.2 Å². The lowest BCUT2D eigenvalue weighted by molar-refractivity contribution is 0.586. The highest BCUT2D eigenvalue weighted by Crippen LogP contribution is 2.37. The van der Waals surface area contributed by atoms with Crippen molar-refractivity contribution >= 4 is 40.0 Å². The van der Waals surface area contributed by atoms with Gasteiger partial charge in [-0.05, 0) is 55.9 Å². The number of nitrogens with two attached hydrogens (primary N) is 1. The molecule has 0 amide bonds. The van der Waals surface area contributed by atoms with Crippen LogP contribution in [-0.4, -0.2) is 38.2 Å². The maximum Gasteiger partial charge on any atom is 0.227 e. The van der Waals surface area contributed by atoms with Crippen molar-refractivity contribution in [3.8, 4) is 0 Å². The van der Waals surface area contributed by atoms with Gasteiger partial charge in [0.2, 0.25) is 5.95 Å². The van der Waals surface area contributed by atoms with E-state index in [1.165, 1.54) is 5.56 Å². The van der Waals surface area contributed by atoms with E-state index in [-0.39, 0.29) is 0 Å². The molecule has 5 N–H and O–H groups in total. The van der Waals surface area contributed by atoms with Crippen LogP contribution >= 0.6 is 0 Å². The summed E-state index contributed by atoms with van der Waals surface area (Å²) < 4.78 is 0. The highest BCUT2D eigenvalue weighted by atomic mass is 15.3. The Labute approximate surface area is 156 Å². The molecule has 1 saturated carbocycles. The van der Waals surface area contributed by atoms with Gasteiger partial charge in [0.25, 0.3) is 0 Å². The minimum Gasteiger partial charge on any atom is -0.399 e. The number of aromatic nitrogens is 4. The molecule has 0 bridgehead atoms. The summed E-state index contributed by atoms with van der Waals surface area (Å²) in [6.07, 6.45) is 6.18. The lowest BCUT2D eigenvalue weighted by Gasteiger charge is -2.24. The number of rotatable bonds is 3. The Morgan fingerprint density at radius 2 is 2.04 bits per heavy atom. The molecule has 2 aliphatic rings. The smallest absolute Gasteiger partial charge is 0.227 e. The fraction of sp³-hybridized carbons (Fsp3) is 0.368. The zero-order chi connectivity index (χ0) is 18.4. The maximum atomic E-state index is 7.79. The molecule has 27 heavy (non-hydrogen) atoms. The Bertz CT molecular complexity index is 1010. The van der Waals surface area contributed by atoms with E-state index in [0.717, 1.165) is 67.1 Å². The molecule has 0 atom stereocenters. The number of nitrogens with one attached hydrogen (secondary N) is 3. The first-order valence-corrected chi connectivity index (χ1v) is 9.37. The molecule has 8 heteroatoms. The number of fused-ring (bicyclic) bond motifs is 2. The van der Waals surface area contributed by atoms with E-state index in [1.807, 2.05) is 12.1 Å². The Hall–Kier alpha value is -3.16. The lowest BCUT2D eigenvalue weighted by atomic mass is 9.94. The first-order chi connectivity index (χ1) is 13.2. The second-order valence-corrected chi connectivity index (χ2v) is 7.28. The van der Waals surface area contributed by atoms with Crippen molar-refractivity contribution in [1.29, 1.82) is 5.41 Å². The van der Waals surface area contributed by atoms with Gasteiger partial charge in [-0.15, -0.1) is 0 Å². The van der Waals surface area contributed by atoms with Gasteiger partial charge < -0.3 is 26.3 Å². The van der Waals surface area contributed by atoms with E-state index in [1.54, 1.807) is 6.33 Å². The van der Waals surface area contributed by atoms with Gasteiger partial charge in [0.05, 0.1) is 6.33 Å². The number of H-pyrrole nitrogens is 1. The van der Waals surface area contributed by atoms with Crippen LogP contribution in [0.25, 0.3) is 11.2 Å². The van der Waals surface area contributed by atoms with E-state index < -0.39 is 0 Å². The predicted octanol–water partition coefficient (Wildman–Crippen LogP) is 3.00. The normalized spacial score (nSPS) is 19.5. The number of anilines is 4. The van der Waals surface area contributed by atoms with Crippen molar-refractivity contribution in [3.05, 3.63) is 30.1 Å². The minimum absolute atomic E-state index is 0.300. The minimum atomic E-state index is 0.300. The Kier molecular flexibility index (Phi) is 3.70. The van der Waals surface area contributed by atoms with E-state index in [4.69, 9.17) is 16.1 Å². The molecule has 1 aromatic carbocycles. The molecule has 138 valence electrons. The second kappa shape index (κ2) is 6.22. The molecule has 0 spiro atoms. The molecule has 1 fully saturated rings. The quantitative estimate of drug-likeness (QED) is 0.532. The summed E-state index contributed by atoms with van der Waals surface area (Å²) in [6, 6.07) is 6.33. The van der Waals surface area contributed by atoms with Crippen LogP contribution in [0.3, 0.4) is 0 Å². The molecule has 2 aromatic heterocycles. The van der Waals surface area contributed by atoms with Crippen LogP contribution in [0, 0.1) is 5.41 Å². The van der Waals surface area contributed by atoms with Crippen molar-refractivity contribution in [1.82, 2.24) is 19.9 Å². The molecule has 1 aliphatic heterocycles. The molecule has 0 radical (unpaired) electrons. The largest absolute Gasteiger partial charge is 0.399 e. The number of nitrogens with zero attached hydrogens (tertiary/aromatic N) is 4. The lowest BCUT2D eigenvalue weighted by Crippen LogP contribution is -2.27. The SMILES string of the molecule is N=C1CCC(Nc2nc(N3CCc4cc(N)ccc43)c3[nH]cnc3n2)CC1. The fourth-order valence-electron chi connectivity index (χ4n) is 4.01. The molecule has 0 unspecified atom stereocenters. The Balaban J connectivity index is 1.51. The van der Waals surface area contributed by atoms with Crippen LogP contribution in [0.15, 0.2) is 24.5 Å². The number of aromatic amines is 1. The van der Waals surface area contributed by atoms with Gasteiger partial charge in [-0.25, -0.2) is 4.98 Å². The van der Waals surface area contributed by atoms with Crippen molar-refractivity contribution in [2.75, 3.05) is 22.5 Å². The molecular weight excluding hydrogens is 340 g/mol. The molecule has 3 aromatic rings. The van der Waals surface area contributed by atoms with E-state index in [0.29, 0.717) is 17.6 Å². The van der Waals surface area contributed by atoms with Gasteiger partial charge in [-0.2, -0.15) is 9.97 Å². The van der Waals surface area contributed by atoms with Gasteiger partial charge in [0.15, 0.2) is 11.5 Å². The first kappa shape index (κ1) is 16.0. The average Bonchev–Trinajstić information content (AvgIpc) is 3.29. The van der Waals surface area contributed by atoms with Gasteiger partial charge in [0, 0.05) is 29.7 Å². The zero-order valence-electron chi connectivity index (χ0n) is 15.0. The number of imidazole rings is 1. The van der Waals surface area contributed by atoms with E-state index in [2.05, 4.69) is 31.2 Å². The van der Waals surface area contributed by atoms with Gasteiger partial charge in [0.1, 0.15) is 5.52 Å². The highest BCUT2D eigenvalue weighted by molar-refractivity contribution is 5.88. The van der Waals surface area contributed by atoms with Crippen molar-refractivity contribution in [2.24, 2.45) is 0 Å². The number of nitrogen functional groups attached to an aromatic ring is 1. The molecular formula is C19H22N8. The average molecular weight is 362 g/mol. The topological polar surface area (TPSA) is 120 Å². The second-order valence-electron chi connectivity index (χ2n) is 7.28. The third-order valence-corrected chi connectivity index (χ3v) is 5.44. The monoisotopic (exact) mass is 362 g/mol. The van der Waals surface area contributed by atoms with Gasteiger partial charge in [-0.1, -0.05) is 0 Å². The fourth-order valence-corrected chi connectivity index (χ4v) is 4.01. The molecule has 3 heterocycles. The van der Waals surface area contributed by atoms with E-state index >= 15 is 0 Å². The summed E-state index contributed by atoms with van der Waals surface area (Å²) in [4.78, 5) is 19.2.